The third-order valence-corrected chi connectivity index (χ3v) is 4.49. The lowest BCUT2D eigenvalue weighted by Crippen LogP contribution is -2.51. The average molecular weight is 326 g/mol. The zero-order valence-electron chi connectivity index (χ0n) is 13.6. The fourth-order valence-corrected chi connectivity index (χ4v) is 3.56. The second kappa shape index (κ2) is 4.78. The lowest BCUT2D eigenvalue weighted by molar-refractivity contribution is -0.252. The van der Waals surface area contributed by atoms with Gasteiger partial charge in [0, 0.05) is 0 Å². The molecule has 0 unspecified atom stereocenters. The molecule has 0 spiro atoms. The van der Waals surface area contributed by atoms with Crippen LogP contribution in [0.4, 0.5) is 0 Å². The van der Waals surface area contributed by atoms with Crippen LogP contribution < -0.4 is 0 Å². The molecule has 23 heavy (non-hydrogen) atoms. The summed E-state index contributed by atoms with van der Waals surface area (Å²) in [5, 5.41) is 11.5. The zero-order valence-corrected chi connectivity index (χ0v) is 13.6. The minimum atomic E-state index is -1.52. The van der Waals surface area contributed by atoms with E-state index in [0.29, 0.717) is 12.4 Å². The van der Waals surface area contributed by atoms with E-state index in [9.17, 15) is 5.11 Å². The molecule has 1 aromatic rings. The number of fused-ring (bicyclic) bond motifs is 1. The van der Waals surface area contributed by atoms with Gasteiger partial charge in [-0.15, -0.1) is 0 Å². The molecule has 5 atom stereocenters. The van der Waals surface area contributed by atoms with Gasteiger partial charge in [0.1, 0.15) is 18.0 Å². The predicted molar refractivity (Wildman–Crippen MR) is 76.2 cm³/mol. The van der Waals surface area contributed by atoms with Gasteiger partial charge in [0.15, 0.2) is 29.6 Å². The first kappa shape index (κ1) is 15.6. The third kappa shape index (κ3) is 2.34. The van der Waals surface area contributed by atoms with E-state index in [4.69, 9.17) is 28.1 Å². The molecule has 1 aromatic heterocycles. The first-order valence-electron chi connectivity index (χ1n) is 7.80. The summed E-state index contributed by atoms with van der Waals surface area (Å²) in [5.74, 6) is -1.20. The van der Waals surface area contributed by atoms with Crippen LogP contribution in [0.3, 0.4) is 0 Å². The molecule has 3 saturated heterocycles. The molecule has 7 nitrogen and oxygen atoms in total. The Kier molecular flexibility index (Phi) is 3.23. The average Bonchev–Trinajstić information content (AvgIpc) is 3.16. The molecule has 3 aliphatic rings. The monoisotopic (exact) mass is 326 g/mol. The molecule has 4 heterocycles. The van der Waals surface area contributed by atoms with Crippen LogP contribution in [0.2, 0.25) is 0 Å². The van der Waals surface area contributed by atoms with Crippen LogP contribution in [0, 0.1) is 0 Å². The Morgan fingerprint density at radius 2 is 1.83 bits per heavy atom. The molecule has 1 N–H and O–H groups in total. The van der Waals surface area contributed by atoms with Crippen molar-refractivity contribution in [3.8, 4) is 0 Å². The van der Waals surface area contributed by atoms with E-state index in [-0.39, 0.29) is 0 Å². The number of furan rings is 1. The predicted octanol–water partition coefficient (Wildman–Crippen LogP) is 1.50. The summed E-state index contributed by atoms with van der Waals surface area (Å²) in [6, 6.07) is 3.42. The van der Waals surface area contributed by atoms with Crippen LogP contribution in [-0.2, 0) is 29.3 Å². The second-order valence-electron chi connectivity index (χ2n) is 7.15. The number of ether oxygens (including phenoxy) is 5. The Bertz CT molecular complexity index is 581. The molecule has 4 rings (SSSR count). The maximum atomic E-state index is 11.5. The van der Waals surface area contributed by atoms with Crippen LogP contribution >= 0.6 is 0 Å². The maximum absolute atomic E-state index is 11.5. The van der Waals surface area contributed by atoms with Crippen LogP contribution in [0.15, 0.2) is 22.8 Å². The zero-order chi connectivity index (χ0) is 16.5. The molecule has 0 aromatic carbocycles. The van der Waals surface area contributed by atoms with E-state index < -0.39 is 41.8 Å². The molecule has 0 radical (unpaired) electrons. The van der Waals surface area contributed by atoms with E-state index in [1.165, 1.54) is 6.26 Å². The molecule has 0 amide bonds. The Balaban J connectivity index is 1.70. The molecule has 7 heteroatoms. The Hall–Kier alpha value is -0.960. The van der Waals surface area contributed by atoms with Crippen molar-refractivity contribution in [2.75, 3.05) is 6.61 Å². The molecule has 0 saturated carbocycles. The summed E-state index contributed by atoms with van der Waals surface area (Å²) >= 11 is 0. The third-order valence-electron chi connectivity index (χ3n) is 4.49. The quantitative estimate of drug-likeness (QED) is 0.882. The van der Waals surface area contributed by atoms with Crippen molar-refractivity contribution >= 4 is 0 Å². The fraction of sp³-hybridized carbons (Fsp3) is 0.750. The number of hydrogen-bond donors (Lipinski definition) is 1. The molecular formula is C16H22O7. The van der Waals surface area contributed by atoms with Gasteiger partial charge in [-0.05, 0) is 39.8 Å². The van der Waals surface area contributed by atoms with Crippen molar-refractivity contribution in [1.29, 1.82) is 0 Å². The second-order valence-corrected chi connectivity index (χ2v) is 7.15. The van der Waals surface area contributed by atoms with Crippen LogP contribution in [0.25, 0.3) is 0 Å². The standard InChI is InChI=1S/C16H22O7/c1-14(2)19-8-9(21-14)11-16(17,10-6-5-7-18-10)12-13(20-11)23-15(3,4)22-12/h5-7,9,11-13,17H,8H2,1-4H3/t9-,11+,12-,13+,16+/m0/s1. The van der Waals surface area contributed by atoms with Gasteiger partial charge in [-0.2, -0.15) is 0 Å². The summed E-state index contributed by atoms with van der Waals surface area (Å²) in [5.41, 5.74) is -1.52. The highest BCUT2D eigenvalue weighted by molar-refractivity contribution is 5.21. The Labute approximate surface area is 134 Å². The highest BCUT2D eigenvalue weighted by Crippen LogP contribution is 2.50. The minimum absolute atomic E-state index is 0.309. The van der Waals surface area contributed by atoms with Crippen LogP contribution in [0.5, 0.6) is 0 Å². The fourth-order valence-electron chi connectivity index (χ4n) is 3.56. The van der Waals surface area contributed by atoms with E-state index in [1.54, 1.807) is 26.0 Å². The highest BCUT2D eigenvalue weighted by atomic mass is 16.8. The summed E-state index contributed by atoms with van der Waals surface area (Å²) < 4.78 is 34.6. The van der Waals surface area contributed by atoms with E-state index in [0.717, 1.165) is 0 Å². The first-order valence-corrected chi connectivity index (χ1v) is 7.80. The molecule has 0 bridgehead atoms. The van der Waals surface area contributed by atoms with Crippen molar-refractivity contribution < 1.29 is 33.2 Å². The van der Waals surface area contributed by atoms with E-state index >= 15 is 0 Å². The summed E-state index contributed by atoms with van der Waals surface area (Å²) in [6.45, 7) is 7.52. The van der Waals surface area contributed by atoms with E-state index in [1.807, 2.05) is 13.8 Å². The van der Waals surface area contributed by atoms with Crippen LogP contribution in [-0.4, -0.2) is 47.9 Å². The topological polar surface area (TPSA) is 79.5 Å². The largest absolute Gasteiger partial charge is 0.466 e. The number of aliphatic hydroxyl groups is 1. The number of rotatable bonds is 2. The molecule has 3 fully saturated rings. The van der Waals surface area contributed by atoms with Gasteiger partial charge in [-0.3, -0.25) is 0 Å². The van der Waals surface area contributed by atoms with Gasteiger partial charge >= 0.3 is 0 Å². The van der Waals surface area contributed by atoms with Crippen molar-refractivity contribution in [2.24, 2.45) is 0 Å². The van der Waals surface area contributed by atoms with Crippen molar-refractivity contribution in [3.63, 3.8) is 0 Å². The molecule has 3 aliphatic heterocycles. The Morgan fingerprint density at radius 3 is 2.43 bits per heavy atom. The summed E-state index contributed by atoms with van der Waals surface area (Å²) in [4.78, 5) is 0. The van der Waals surface area contributed by atoms with Gasteiger partial charge in [0.25, 0.3) is 0 Å². The molecule has 128 valence electrons. The highest BCUT2D eigenvalue weighted by Gasteiger charge is 2.68. The lowest BCUT2D eigenvalue weighted by atomic mass is 9.87. The Morgan fingerprint density at radius 1 is 1.04 bits per heavy atom. The van der Waals surface area contributed by atoms with Crippen molar-refractivity contribution in [2.45, 2.75) is 69.5 Å². The SMILES string of the molecule is CC1(C)OC[C@@H]([C@H]2O[C@@H]3OC(C)(C)O[C@@H]3[C@@]2(O)c2ccco2)O1. The maximum Gasteiger partial charge on any atom is 0.191 e. The van der Waals surface area contributed by atoms with Gasteiger partial charge in [0.05, 0.1) is 12.9 Å². The number of hydrogen-bond acceptors (Lipinski definition) is 7. The lowest BCUT2D eigenvalue weighted by Gasteiger charge is -2.34. The van der Waals surface area contributed by atoms with Crippen molar-refractivity contribution in [3.05, 3.63) is 24.2 Å². The molecule has 0 aliphatic carbocycles. The molecular weight excluding hydrogens is 304 g/mol. The smallest absolute Gasteiger partial charge is 0.191 e. The minimum Gasteiger partial charge on any atom is -0.466 e. The van der Waals surface area contributed by atoms with Crippen LogP contribution in [0.1, 0.15) is 33.5 Å². The van der Waals surface area contributed by atoms with E-state index in [2.05, 4.69) is 0 Å². The van der Waals surface area contributed by atoms with Gasteiger partial charge in [-0.1, -0.05) is 0 Å². The summed E-state index contributed by atoms with van der Waals surface area (Å²) in [7, 11) is 0. The first-order chi connectivity index (χ1) is 10.7. The van der Waals surface area contributed by atoms with Gasteiger partial charge < -0.3 is 33.2 Å². The van der Waals surface area contributed by atoms with Gasteiger partial charge in [0.2, 0.25) is 0 Å². The summed E-state index contributed by atoms with van der Waals surface area (Å²) in [6.07, 6.45) is -1.07. The van der Waals surface area contributed by atoms with Crippen molar-refractivity contribution in [1.82, 2.24) is 0 Å². The normalized spacial score (nSPS) is 44.6. The van der Waals surface area contributed by atoms with Gasteiger partial charge in [-0.25, -0.2) is 0 Å².